The van der Waals surface area contributed by atoms with Gasteiger partial charge in [0.1, 0.15) is 0 Å². The van der Waals surface area contributed by atoms with Gasteiger partial charge in [0.2, 0.25) is 0 Å². The Morgan fingerprint density at radius 2 is 1.37 bits per heavy atom. The van der Waals surface area contributed by atoms with Gasteiger partial charge in [-0.15, -0.1) is 38.9 Å². The van der Waals surface area contributed by atoms with Crippen molar-refractivity contribution in [2.45, 2.75) is 97.8 Å². The summed E-state index contributed by atoms with van der Waals surface area (Å²) < 4.78 is 0. The lowest BCUT2D eigenvalue weighted by Gasteiger charge is -2.60. The maximum absolute atomic E-state index is 7.00. The van der Waals surface area contributed by atoms with Gasteiger partial charge in [0, 0.05) is 7.11 Å². The minimum atomic E-state index is 0.717. The summed E-state index contributed by atoms with van der Waals surface area (Å²) in [6.45, 7) is 13.8. The van der Waals surface area contributed by atoms with Crippen molar-refractivity contribution >= 4 is 0 Å². The summed E-state index contributed by atoms with van der Waals surface area (Å²) in [6.07, 6.45) is 34.5. The molecular formula is C29H50O. The minimum Gasteiger partial charge on any atom is -0.400 e. The average molecular weight is 415 g/mol. The van der Waals surface area contributed by atoms with Gasteiger partial charge in [-0.1, -0.05) is 46.5 Å². The molecule has 4 aliphatic carbocycles. The molecule has 4 aliphatic rings. The van der Waals surface area contributed by atoms with E-state index in [1.165, 1.54) is 25.7 Å². The minimum absolute atomic E-state index is 0.717. The van der Waals surface area contributed by atoms with Crippen LogP contribution in [0.3, 0.4) is 0 Å². The third kappa shape index (κ3) is 5.35. The average Bonchev–Trinajstić information content (AvgIpc) is 3.15. The molecule has 2 unspecified atom stereocenters. The molecule has 7 atom stereocenters. The smallest absolute Gasteiger partial charge is 0.0319 e. The van der Waals surface area contributed by atoms with Crippen LogP contribution < -0.4 is 0 Å². The Balaban J connectivity index is 0.000000948. The van der Waals surface area contributed by atoms with Crippen LogP contribution in [0.25, 0.3) is 0 Å². The number of rotatable bonds is 2. The largest absolute Gasteiger partial charge is 0.400 e. The molecule has 4 rings (SSSR count). The van der Waals surface area contributed by atoms with E-state index in [0.29, 0.717) is 0 Å². The molecule has 0 heterocycles. The monoisotopic (exact) mass is 414 g/mol. The highest BCUT2D eigenvalue weighted by atomic mass is 16.2. The van der Waals surface area contributed by atoms with Crippen LogP contribution in [0.15, 0.2) is 13.2 Å². The van der Waals surface area contributed by atoms with Gasteiger partial charge in [-0.2, -0.15) is 0 Å². The molecule has 1 N–H and O–H groups in total. The molecule has 0 aromatic carbocycles. The Labute approximate surface area is 189 Å². The van der Waals surface area contributed by atoms with Crippen LogP contribution in [-0.4, -0.2) is 12.2 Å². The van der Waals surface area contributed by atoms with Crippen molar-refractivity contribution < 1.29 is 5.11 Å². The molecule has 0 aromatic rings. The van der Waals surface area contributed by atoms with Crippen LogP contribution in [0.1, 0.15) is 97.8 Å². The molecule has 1 nitrogen and oxygen atoms in total. The van der Waals surface area contributed by atoms with E-state index in [4.69, 9.17) is 5.11 Å². The zero-order chi connectivity index (χ0) is 23.4. The molecule has 172 valence electrons. The fourth-order valence-corrected chi connectivity index (χ4v) is 8.23. The number of aliphatic hydroxyl groups excluding tert-OH is 1. The van der Waals surface area contributed by atoms with E-state index in [2.05, 4.69) is 59.6 Å². The van der Waals surface area contributed by atoms with Gasteiger partial charge in [0.15, 0.2) is 0 Å². The second-order valence-corrected chi connectivity index (χ2v) is 10.0. The Bertz CT molecular complexity index is 499. The van der Waals surface area contributed by atoms with Crippen LogP contribution >= 0.6 is 0 Å². The van der Waals surface area contributed by atoms with E-state index in [9.17, 15) is 0 Å². The van der Waals surface area contributed by atoms with Crippen LogP contribution in [0.4, 0.5) is 0 Å². The van der Waals surface area contributed by atoms with Crippen molar-refractivity contribution in [2.75, 3.05) is 7.11 Å². The fourth-order valence-electron chi connectivity index (χ4n) is 8.23. The van der Waals surface area contributed by atoms with Crippen LogP contribution in [0.5, 0.6) is 0 Å². The van der Waals surface area contributed by atoms with Crippen molar-refractivity contribution in [3.63, 3.8) is 0 Å². The van der Waals surface area contributed by atoms with Gasteiger partial charge < -0.3 is 5.11 Å². The summed E-state index contributed by atoms with van der Waals surface area (Å²) in [5, 5.41) is 7.00. The number of hydrogen-bond donors (Lipinski definition) is 1. The number of terminal acetylenes is 2. The van der Waals surface area contributed by atoms with E-state index < -0.39 is 0 Å². The lowest BCUT2D eigenvalue weighted by Crippen LogP contribution is -2.52. The summed E-state index contributed by atoms with van der Waals surface area (Å²) in [5.41, 5.74) is 1.44. The third-order valence-corrected chi connectivity index (χ3v) is 9.42. The molecule has 4 saturated carbocycles. The maximum atomic E-state index is 7.00. The Kier molecular flexibility index (Phi) is 13.4. The van der Waals surface area contributed by atoms with E-state index in [1.54, 1.807) is 51.4 Å². The summed E-state index contributed by atoms with van der Waals surface area (Å²) in [7, 11) is 1.00. The highest BCUT2D eigenvalue weighted by Gasteiger charge is 2.59. The molecule has 0 saturated heterocycles. The topological polar surface area (TPSA) is 20.2 Å². The standard InChI is InChI=1S/C22H38.C2H4.2C2H2.CH4O/c1-4-7-16-10-12-19-18-11-9-17-8-5-6-14-21(17,2)20(18)13-15-22(16,19)3;4*1-2/h16-20H,4-15H2,1-3H3;1-2H2;2*1-2H;2H,1H3/t16-,17-,18-,19?,20?,21-,22+;;;;/m0..../s1. The number of fused-ring (bicyclic) bond motifs is 5. The zero-order valence-electron chi connectivity index (χ0n) is 20.5. The van der Waals surface area contributed by atoms with E-state index >= 15 is 0 Å². The van der Waals surface area contributed by atoms with Crippen LogP contribution in [-0.2, 0) is 0 Å². The quantitative estimate of drug-likeness (QED) is 0.362. The zero-order valence-corrected chi connectivity index (χ0v) is 20.5. The van der Waals surface area contributed by atoms with Crippen molar-refractivity contribution in [3.05, 3.63) is 13.2 Å². The summed E-state index contributed by atoms with van der Waals surface area (Å²) in [4.78, 5) is 0. The molecule has 0 aliphatic heterocycles. The van der Waals surface area contributed by atoms with E-state index in [1.807, 2.05) is 0 Å². The number of hydrogen-bond acceptors (Lipinski definition) is 1. The summed E-state index contributed by atoms with van der Waals surface area (Å²) in [6, 6.07) is 0. The van der Waals surface area contributed by atoms with E-state index in [-0.39, 0.29) is 0 Å². The van der Waals surface area contributed by atoms with Gasteiger partial charge in [-0.25, -0.2) is 0 Å². The molecule has 0 spiro atoms. The first-order chi connectivity index (χ1) is 14.6. The highest BCUT2D eigenvalue weighted by molar-refractivity contribution is 5.08. The predicted molar refractivity (Wildman–Crippen MR) is 134 cm³/mol. The second-order valence-electron chi connectivity index (χ2n) is 10.0. The van der Waals surface area contributed by atoms with Crippen molar-refractivity contribution in [1.82, 2.24) is 0 Å². The highest BCUT2D eigenvalue weighted by Crippen LogP contribution is 2.67. The van der Waals surface area contributed by atoms with Gasteiger partial charge in [0.05, 0.1) is 0 Å². The second kappa shape index (κ2) is 14.0. The summed E-state index contributed by atoms with van der Waals surface area (Å²) in [5.74, 6) is 5.41. The van der Waals surface area contributed by atoms with Gasteiger partial charge in [0.25, 0.3) is 0 Å². The van der Waals surface area contributed by atoms with Gasteiger partial charge in [-0.3, -0.25) is 0 Å². The third-order valence-electron chi connectivity index (χ3n) is 9.42. The molecule has 30 heavy (non-hydrogen) atoms. The predicted octanol–water partition coefficient (Wildman–Crippen LogP) is 7.75. The molecule has 0 amide bonds. The number of aliphatic hydroxyl groups is 1. The van der Waals surface area contributed by atoms with Crippen molar-refractivity contribution in [1.29, 1.82) is 0 Å². The summed E-state index contributed by atoms with van der Waals surface area (Å²) >= 11 is 0. The molecule has 0 aromatic heterocycles. The Hall–Kier alpha value is -1.18. The lowest BCUT2D eigenvalue weighted by atomic mass is 9.45. The van der Waals surface area contributed by atoms with Gasteiger partial charge in [-0.05, 0) is 91.8 Å². The normalized spacial score (nSPS) is 40.4. The van der Waals surface area contributed by atoms with Crippen molar-refractivity contribution in [3.8, 4) is 25.7 Å². The molecule has 0 radical (unpaired) electrons. The van der Waals surface area contributed by atoms with E-state index in [0.717, 1.165) is 47.5 Å². The molecule has 0 bridgehead atoms. The van der Waals surface area contributed by atoms with Crippen molar-refractivity contribution in [2.24, 2.45) is 40.4 Å². The fraction of sp³-hybridized carbons (Fsp3) is 0.793. The maximum Gasteiger partial charge on any atom is 0.0319 e. The Morgan fingerprint density at radius 1 is 0.767 bits per heavy atom. The SMILES string of the molecule is C#C.C#C.C=C.CCC[C@H]1CCC2[C@@H]3CC[C@@H]4CCCC[C@]4(C)C3CC[C@@]21C.CO. The molecule has 1 heteroatoms. The molecular weight excluding hydrogens is 364 g/mol. The first kappa shape index (κ1) is 28.8. The Morgan fingerprint density at radius 3 is 1.97 bits per heavy atom. The molecule has 4 fully saturated rings. The van der Waals surface area contributed by atoms with Gasteiger partial charge >= 0.3 is 0 Å². The lowest BCUT2D eigenvalue weighted by molar-refractivity contribution is -0.111. The first-order valence-corrected chi connectivity index (χ1v) is 12.2. The first-order valence-electron chi connectivity index (χ1n) is 12.2. The van der Waals surface area contributed by atoms with Crippen LogP contribution in [0.2, 0.25) is 0 Å². The van der Waals surface area contributed by atoms with Crippen LogP contribution in [0, 0.1) is 66.1 Å².